The van der Waals surface area contributed by atoms with E-state index in [1.165, 1.54) is 0 Å². The van der Waals surface area contributed by atoms with Gasteiger partial charge in [-0.25, -0.2) is 0 Å². The number of hydrogen-bond acceptors (Lipinski definition) is 4. The molecule has 3 aromatic rings. The molecule has 1 N–H and O–H groups in total. The van der Waals surface area contributed by atoms with Crippen LogP contribution in [-0.2, 0) is 0 Å². The van der Waals surface area contributed by atoms with E-state index in [-0.39, 0.29) is 5.28 Å². The van der Waals surface area contributed by atoms with Gasteiger partial charge in [0.2, 0.25) is 11.2 Å². The molecule has 0 fully saturated rings. The number of aromatic amines is 1. The molecule has 0 spiro atoms. The average Bonchev–Trinajstić information content (AvgIpc) is 2.80. The first-order valence-electron chi connectivity index (χ1n) is 5.44. The molecule has 96 valence electrons. The van der Waals surface area contributed by atoms with Gasteiger partial charge in [-0.15, -0.1) is 0 Å². The van der Waals surface area contributed by atoms with Crippen LogP contribution in [0.2, 0.25) is 10.3 Å². The first kappa shape index (κ1) is 12.2. The van der Waals surface area contributed by atoms with Gasteiger partial charge in [-0.2, -0.15) is 15.1 Å². The highest BCUT2D eigenvalue weighted by Gasteiger charge is 2.11. The number of benzene rings is 1. The van der Waals surface area contributed by atoms with Crippen LogP contribution in [0.25, 0.3) is 11.0 Å². The lowest BCUT2D eigenvalue weighted by molar-refractivity contribution is 0.465. The van der Waals surface area contributed by atoms with Gasteiger partial charge < -0.3 is 4.74 Å². The van der Waals surface area contributed by atoms with E-state index >= 15 is 0 Å². The predicted molar refractivity (Wildman–Crippen MR) is 73.0 cm³/mol. The molecular weight excluding hydrogens is 287 g/mol. The normalized spacial score (nSPS) is 10.9. The van der Waals surface area contributed by atoms with Crippen molar-refractivity contribution in [1.82, 2.24) is 20.2 Å². The summed E-state index contributed by atoms with van der Waals surface area (Å²) in [7, 11) is 0. The van der Waals surface area contributed by atoms with Crippen molar-refractivity contribution in [3.63, 3.8) is 0 Å². The minimum atomic E-state index is 0.0957. The van der Waals surface area contributed by atoms with Crippen LogP contribution in [0.3, 0.4) is 0 Å². The summed E-state index contributed by atoms with van der Waals surface area (Å²) < 4.78 is 5.76. The van der Waals surface area contributed by atoms with Gasteiger partial charge in [0.25, 0.3) is 0 Å². The second-order valence-corrected chi connectivity index (χ2v) is 4.72. The molecule has 2 aromatic heterocycles. The summed E-state index contributed by atoms with van der Waals surface area (Å²) in [5, 5.41) is 8.03. The monoisotopic (exact) mass is 294 g/mol. The highest BCUT2D eigenvalue weighted by molar-refractivity contribution is 6.30. The fourth-order valence-electron chi connectivity index (χ4n) is 1.69. The van der Waals surface area contributed by atoms with Crippen molar-refractivity contribution < 1.29 is 4.74 Å². The van der Waals surface area contributed by atoms with Crippen molar-refractivity contribution in [3.8, 4) is 11.6 Å². The lowest BCUT2D eigenvalue weighted by atomic mass is 10.2. The molecule has 2 heterocycles. The van der Waals surface area contributed by atoms with Gasteiger partial charge in [0.1, 0.15) is 11.1 Å². The van der Waals surface area contributed by atoms with E-state index in [0.29, 0.717) is 27.7 Å². The third kappa shape index (κ3) is 2.34. The molecule has 0 unspecified atom stereocenters. The number of nitrogens with zero attached hydrogens (tertiary/aromatic N) is 3. The first-order valence-corrected chi connectivity index (χ1v) is 6.20. The zero-order valence-electron chi connectivity index (χ0n) is 9.82. The Morgan fingerprint density at radius 2 is 2.05 bits per heavy atom. The predicted octanol–water partition coefficient (Wildman–Crippen LogP) is 3.76. The van der Waals surface area contributed by atoms with Crippen LogP contribution in [-0.4, -0.2) is 20.2 Å². The number of nitrogens with one attached hydrogen (secondary N) is 1. The Morgan fingerprint density at radius 1 is 1.21 bits per heavy atom. The van der Waals surface area contributed by atoms with Gasteiger partial charge in [-0.3, -0.25) is 5.10 Å². The average molecular weight is 295 g/mol. The summed E-state index contributed by atoms with van der Waals surface area (Å²) in [6.07, 6.45) is 1.59. The summed E-state index contributed by atoms with van der Waals surface area (Å²) in [6.45, 7) is 1.90. The van der Waals surface area contributed by atoms with Crippen molar-refractivity contribution >= 4 is 34.2 Å². The second-order valence-electron chi connectivity index (χ2n) is 3.94. The summed E-state index contributed by atoms with van der Waals surface area (Å²) in [5.74, 6) is 1.01. The molecule has 7 heteroatoms. The molecule has 0 aliphatic rings. The molecule has 0 amide bonds. The third-order valence-corrected chi connectivity index (χ3v) is 3.00. The van der Waals surface area contributed by atoms with Gasteiger partial charge in [0.15, 0.2) is 5.65 Å². The Hall–Kier alpha value is -1.85. The number of rotatable bonds is 2. The van der Waals surface area contributed by atoms with Crippen LogP contribution in [0, 0.1) is 6.92 Å². The minimum Gasteiger partial charge on any atom is -0.438 e. The van der Waals surface area contributed by atoms with Crippen molar-refractivity contribution in [3.05, 3.63) is 40.3 Å². The van der Waals surface area contributed by atoms with E-state index in [1.807, 2.05) is 13.0 Å². The minimum absolute atomic E-state index is 0.0957. The van der Waals surface area contributed by atoms with Crippen molar-refractivity contribution in [2.75, 3.05) is 0 Å². The van der Waals surface area contributed by atoms with E-state index < -0.39 is 0 Å². The first-order chi connectivity index (χ1) is 9.13. The highest BCUT2D eigenvalue weighted by Crippen LogP contribution is 2.30. The molecule has 0 aliphatic heterocycles. The van der Waals surface area contributed by atoms with E-state index in [0.717, 1.165) is 5.56 Å². The molecule has 0 aliphatic carbocycles. The topological polar surface area (TPSA) is 63.7 Å². The number of hydrogen-bond donors (Lipinski definition) is 1. The van der Waals surface area contributed by atoms with Gasteiger partial charge >= 0.3 is 0 Å². The molecule has 19 heavy (non-hydrogen) atoms. The number of halogens is 2. The number of H-pyrrole nitrogens is 1. The van der Waals surface area contributed by atoms with Crippen LogP contribution >= 0.6 is 23.2 Å². The Morgan fingerprint density at radius 3 is 2.84 bits per heavy atom. The van der Waals surface area contributed by atoms with Crippen LogP contribution in [0.5, 0.6) is 11.6 Å². The van der Waals surface area contributed by atoms with Crippen molar-refractivity contribution in [2.45, 2.75) is 6.92 Å². The van der Waals surface area contributed by atoms with E-state index in [2.05, 4.69) is 20.2 Å². The maximum absolute atomic E-state index is 5.91. The quantitative estimate of drug-likeness (QED) is 0.731. The van der Waals surface area contributed by atoms with Crippen LogP contribution in [0.4, 0.5) is 0 Å². The fraction of sp³-hybridized carbons (Fsp3) is 0.0833. The molecule has 5 nitrogen and oxygen atoms in total. The summed E-state index contributed by atoms with van der Waals surface area (Å²) in [5.41, 5.74) is 1.43. The second kappa shape index (κ2) is 4.68. The largest absolute Gasteiger partial charge is 0.438 e. The standard InChI is InChI=1S/C12H8Cl2N4O/c1-6-4-7(13)2-3-9(6)19-11-8-5-15-18-10(8)16-12(14)17-11/h2-5H,1H3,(H,15,16,17,18). The summed E-state index contributed by atoms with van der Waals surface area (Å²) in [6, 6.07) is 5.34. The SMILES string of the molecule is Cc1cc(Cl)ccc1Oc1nc(Cl)nc2[nH]ncc12. The molecule has 0 atom stereocenters. The number of aromatic nitrogens is 4. The third-order valence-electron chi connectivity index (χ3n) is 2.59. The van der Waals surface area contributed by atoms with Crippen molar-refractivity contribution in [2.24, 2.45) is 0 Å². The van der Waals surface area contributed by atoms with E-state index in [1.54, 1.807) is 18.3 Å². The zero-order valence-corrected chi connectivity index (χ0v) is 11.3. The van der Waals surface area contributed by atoms with Gasteiger partial charge in [-0.05, 0) is 42.3 Å². The Balaban J connectivity index is 2.07. The number of ether oxygens (including phenoxy) is 1. The van der Waals surface area contributed by atoms with Gasteiger partial charge in [-0.1, -0.05) is 11.6 Å². The number of fused-ring (bicyclic) bond motifs is 1. The number of aryl methyl sites for hydroxylation is 1. The molecule has 0 bridgehead atoms. The Bertz CT molecular complexity index is 757. The molecule has 3 rings (SSSR count). The highest BCUT2D eigenvalue weighted by atomic mass is 35.5. The summed E-state index contributed by atoms with van der Waals surface area (Å²) in [4.78, 5) is 8.08. The molecule has 0 radical (unpaired) electrons. The zero-order chi connectivity index (χ0) is 13.4. The fourth-order valence-corrected chi connectivity index (χ4v) is 2.08. The van der Waals surface area contributed by atoms with E-state index in [9.17, 15) is 0 Å². The molecule has 1 aromatic carbocycles. The Labute approximate surface area is 118 Å². The lowest BCUT2D eigenvalue weighted by Crippen LogP contribution is -1.93. The van der Waals surface area contributed by atoms with Crippen LogP contribution in [0.15, 0.2) is 24.4 Å². The smallest absolute Gasteiger partial charge is 0.234 e. The lowest BCUT2D eigenvalue weighted by Gasteiger charge is -2.08. The van der Waals surface area contributed by atoms with Crippen LogP contribution < -0.4 is 4.74 Å². The Kier molecular flexibility index (Phi) is 3.00. The maximum atomic E-state index is 5.91. The van der Waals surface area contributed by atoms with E-state index in [4.69, 9.17) is 27.9 Å². The molecule has 0 saturated carbocycles. The van der Waals surface area contributed by atoms with Gasteiger partial charge in [0, 0.05) is 5.02 Å². The van der Waals surface area contributed by atoms with Crippen molar-refractivity contribution in [1.29, 1.82) is 0 Å². The maximum Gasteiger partial charge on any atom is 0.234 e. The molecular formula is C12H8Cl2N4O. The molecule has 0 saturated heterocycles. The van der Waals surface area contributed by atoms with Gasteiger partial charge in [0.05, 0.1) is 6.20 Å². The van der Waals surface area contributed by atoms with Crippen LogP contribution in [0.1, 0.15) is 5.56 Å². The summed E-state index contributed by atoms with van der Waals surface area (Å²) >= 11 is 11.7.